The Morgan fingerprint density at radius 1 is 1.21 bits per heavy atom. The Labute approximate surface area is 139 Å². The molecule has 0 bridgehead atoms. The van der Waals surface area contributed by atoms with Crippen LogP contribution in [0.2, 0.25) is 0 Å². The molecule has 0 aliphatic heterocycles. The zero-order valence-electron chi connectivity index (χ0n) is 13.8. The van der Waals surface area contributed by atoms with Crippen molar-refractivity contribution in [2.24, 2.45) is 5.10 Å². The molecule has 0 atom stereocenters. The number of benzene rings is 2. The van der Waals surface area contributed by atoms with Crippen molar-refractivity contribution in [1.82, 2.24) is 5.43 Å². The van der Waals surface area contributed by atoms with Crippen LogP contribution in [0.5, 0.6) is 5.75 Å². The van der Waals surface area contributed by atoms with Crippen LogP contribution in [0.4, 0.5) is 0 Å². The first-order valence-corrected chi connectivity index (χ1v) is 7.56. The number of hydrogen-bond acceptors (Lipinski definition) is 4. The van der Waals surface area contributed by atoms with Gasteiger partial charge in [0.15, 0.2) is 0 Å². The van der Waals surface area contributed by atoms with Crippen molar-refractivity contribution in [2.45, 2.75) is 13.8 Å². The number of aryl methyl sites for hydroxylation is 2. The maximum Gasteiger partial charge on any atom is 0.274 e. The summed E-state index contributed by atoms with van der Waals surface area (Å²) in [5, 5.41) is 6.16. The molecule has 5 nitrogen and oxygen atoms in total. The lowest BCUT2D eigenvalue weighted by molar-refractivity contribution is 0.0953. The highest BCUT2D eigenvalue weighted by atomic mass is 16.5. The molecule has 0 fully saturated rings. The van der Waals surface area contributed by atoms with Gasteiger partial charge in [-0.3, -0.25) is 4.79 Å². The van der Waals surface area contributed by atoms with Gasteiger partial charge in [-0.15, -0.1) is 0 Å². The van der Waals surface area contributed by atoms with Crippen LogP contribution in [-0.2, 0) is 0 Å². The van der Waals surface area contributed by atoms with Gasteiger partial charge in [0.1, 0.15) is 17.3 Å². The largest absolute Gasteiger partial charge is 0.496 e. The monoisotopic (exact) mass is 322 g/mol. The van der Waals surface area contributed by atoms with E-state index >= 15 is 0 Å². The highest BCUT2D eigenvalue weighted by Gasteiger charge is 2.12. The van der Waals surface area contributed by atoms with Crippen molar-refractivity contribution < 1.29 is 13.9 Å². The number of fused-ring (bicyclic) bond motifs is 1. The van der Waals surface area contributed by atoms with Gasteiger partial charge in [0.05, 0.1) is 18.9 Å². The van der Waals surface area contributed by atoms with Crippen LogP contribution in [0.1, 0.15) is 27.4 Å². The van der Waals surface area contributed by atoms with E-state index in [0.29, 0.717) is 22.8 Å². The molecule has 1 heterocycles. The van der Waals surface area contributed by atoms with E-state index in [9.17, 15) is 4.79 Å². The van der Waals surface area contributed by atoms with Crippen LogP contribution < -0.4 is 10.2 Å². The van der Waals surface area contributed by atoms with Gasteiger partial charge < -0.3 is 9.15 Å². The number of furan rings is 1. The third-order valence-corrected chi connectivity index (χ3v) is 3.80. The number of carbonyl (C=O) groups is 1. The normalized spacial score (nSPS) is 11.1. The second-order valence-electron chi connectivity index (χ2n) is 5.43. The Morgan fingerprint density at radius 2 is 2.00 bits per heavy atom. The Bertz CT molecular complexity index is 926. The lowest BCUT2D eigenvalue weighted by atomic mass is 10.0. The second-order valence-corrected chi connectivity index (χ2v) is 5.43. The Hall–Kier alpha value is -3.08. The molecular weight excluding hydrogens is 304 g/mol. The molecular formula is C19H18N2O3. The molecule has 122 valence electrons. The van der Waals surface area contributed by atoms with Gasteiger partial charge in [0.2, 0.25) is 0 Å². The topological polar surface area (TPSA) is 63.8 Å². The average Bonchev–Trinajstić information content (AvgIpc) is 2.93. The van der Waals surface area contributed by atoms with Gasteiger partial charge in [0.25, 0.3) is 5.91 Å². The summed E-state index contributed by atoms with van der Waals surface area (Å²) >= 11 is 0. The Morgan fingerprint density at radius 3 is 2.71 bits per heavy atom. The van der Waals surface area contributed by atoms with Crippen LogP contribution in [-0.4, -0.2) is 19.2 Å². The molecule has 3 rings (SSSR count). The summed E-state index contributed by atoms with van der Waals surface area (Å²) < 4.78 is 10.8. The number of hydrazone groups is 1. The number of carbonyl (C=O) groups excluding carboxylic acids is 1. The van der Waals surface area contributed by atoms with Crippen LogP contribution >= 0.6 is 0 Å². The van der Waals surface area contributed by atoms with Crippen molar-refractivity contribution in [1.29, 1.82) is 0 Å². The van der Waals surface area contributed by atoms with Crippen molar-refractivity contribution >= 4 is 22.9 Å². The number of nitrogens with one attached hydrogen (secondary N) is 1. The number of ether oxygens (including phenoxy) is 1. The number of methoxy groups -OCH3 is 1. The molecule has 1 N–H and O–H groups in total. The van der Waals surface area contributed by atoms with Crippen LogP contribution in [0.15, 0.2) is 52.0 Å². The predicted molar refractivity (Wildman–Crippen MR) is 93.7 cm³/mol. The minimum absolute atomic E-state index is 0.306. The molecule has 1 amide bonds. The Balaban J connectivity index is 1.88. The Kier molecular flexibility index (Phi) is 4.33. The average molecular weight is 322 g/mol. The second kappa shape index (κ2) is 6.58. The third-order valence-electron chi connectivity index (χ3n) is 3.80. The minimum Gasteiger partial charge on any atom is -0.496 e. The first kappa shape index (κ1) is 15.8. The summed E-state index contributed by atoms with van der Waals surface area (Å²) in [6.07, 6.45) is 1.60. The summed E-state index contributed by atoms with van der Waals surface area (Å²) in [6, 6.07) is 13.5. The minimum atomic E-state index is -0.306. The summed E-state index contributed by atoms with van der Waals surface area (Å²) in [5.74, 6) is 1.65. The van der Waals surface area contributed by atoms with Crippen LogP contribution in [0, 0.1) is 13.8 Å². The summed E-state index contributed by atoms with van der Waals surface area (Å²) in [4.78, 5) is 12.2. The highest BCUT2D eigenvalue weighted by Crippen LogP contribution is 2.26. The van der Waals surface area contributed by atoms with Gasteiger partial charge in [-0.25, -0.2) is 5.43 Å². The number of hydrogen-bond donors (Lipinski definition) is 1. The zero-order chi connectivity index (χ0) is 17.1. The van der Waals surface area contributed by atoms with E-state index in [0.717, 1.165) is 16.3 Å². The van der Waals surface area contributed by atoms with E-state index in [2.05, 4.69) is 10.5 Å². The van der Waals surface area contributed by atoms with Crippen molar-refractivity contribution in [3.8, 4) is 5.75 Å². The van der Waals surface area contributed by atoms with E-state index in [4.69, 9.17) is 9.15 Å². The summed E-state index contributed by atoms with van der Waals surface area (Å²) in [6.45, 7) is 3.55. The fourth-order valence-corrected chi connectivity index (χ4v) is 2.66. The maximum absolute atomic E-state index is 12.2. The van der Waals surface area contributed by atoms with E-state index in [1.165, 1.54) is 0 Å². The molecule has 0 unspecified atom stereocenters. The first-order chi connectivity index (χ1) is 11.6. The van der Waals surface area contributed by atoms with E-state index in [1.54, 1.807) is 33.2 Å². The SMILES string of the molecule is COc1ccc2ccccc2c1C=NNC(=O)c1cc(C)oc1C. The first-order valence-electron chi connectivity index (χ1n) is 7.56. The molecule has 0 saturated carbocycles. The predicted octanol–water partition coefficient (Wildman–Crippen LogP) is 3.82. The zero-order valence-corrected chi connectivity index (χ0v) is 13.8. The lowest BCUT2D eigenvalue weighted by Gasteiger charge is -2.08. The molecule has 24 heavy (non-hydrogen) atoms. The fourth-order valence-electron chi connectivity index (χ4n) is 2.66. The number of amides is 1. The van der Waals surface area contributed by atoms with Gasteiger partial charge in [-0.05, 0) is 36.8 Å². The van der Waals surface area contributed by atoms with Gasteiger partial charge in [0, 0.05) is 5.56 Å². The van der Waals surface area contributed by atoms with Gasteiger partial charge in [-0.2, -0.15) is 5.10 Å². The molecule has 3 aromatic rings. The van der Waals surface area contributed by atoms with E-state index in [-0.39, 0.29) is 5.91 Å². The molecule has 0 spiro atoms. The maximum atomic E-state index is 12.2. The molecule has 1 aromatic heterocycles. The van der Waals surface area contributed by atoms with Crippen molar-refractivity contribution in [3.05, 3.63) is 65.1 Å². The molecule has 0 aliphatic carbocycles. The number of rotatable bonds is 4. The molecule has 0 saturated heterocycles. The number of nitrogens with zero attached hydrogens (tertiary/aromatic N) is 1. The van der Waals surface area contributed by atoms with Crippen molar-refractivity contribution in [2.75, 3.05) is 7.11 Å². The molecule has 2 aromatic carbocycles. The summed E-state index contributed by atoms with van der Waals surface area (Å²) in [7, 11) is 1.61. The lowest BCUT2D eigenvalue weighted by Crippen LogP contribution is -2.17. The van der Waals surface area contributed by atoms with Crippen molar-refractivity contribution in [3.63, 3.8) is 0 Å². The van der Waals surface area contributed by atoms with Gasteiger partial charge in [-0.1, -0.05) is 30.3 Å². The smallest absolute Gasteiger partial charge is 0.274 e. The van der Waals surface area contributed by atoms with E-state index < -0.39 is 0 Å². The summed E-state index contributed by atoms with van der Waals surface area (Å²) in [5.41, 5.74) is 3.83. The van der Waals surface area contributed by atoms with Gasteiger partial charge >= 0.3 is 0 Å². The molecule has 0 radical (unpaired) electrons. The molecule has 5 heteroatoms. The van der Waals surface area contributed by atoms with E-state index in [1.807, 2.05) is 36.4 Å². The highest BCUT2D eigenvalue weighted by molar-refractivity contribution is 6.03. The standard InChI is InChI=1S/C19H18N2O3/c1-12-10-16(13(2)24-12)19(22)21-20-11-17-15-7-5-4-6-14(15)8-9-18(17)23-3/h4-11H,1-3H3,(H,21,22). The third kappa shape index (κ3) is 3.01. The van der Waals surface area contributed by atoms with Crippen LogP contribution in [0.25, 0.3) is 10.8 Å². The van der Waals surface area contributed by atoms with Crippen LogP contribution in [0.3, 0.4) is 0 Å². The quantitative estimate of drug-likeness (QED) is 0.586. The molecule has 0 aliphatic rings. The fraction of sp³-hybridized carbons (Fsp3) is 0.158.